The van der Waals surface area contributed by atoms with Crippen molar-refractivity contribution in [2.24, 2.45) is 11.8 Å². The Morgan fingerprint density at radius 1 is 1.21 bits per heavy atom. The van der Waals surface area contributed by atoms with Gasteiger partial charge in [0.15, 0.2) is 0 Å². The van der Waals surface area contributed by atoms with Crippen molar-refractivity contribution in [2.75, 3.05) is 6.54 Å². The SMILES string of the molecule is CC1CC(C)CC(O)(C2CCCN2)C1. The predicted octanol–water partition coefficient (Wildman–Crippen LogP) is 1.93. The second kappa shape index (κ2) is 3.82. The first-order valence-corrected chi connectivity index (χ1v) is 6.06. The molecule has 2 heteroatoms. The quantitative estimate of drug-likeness (QED) is 0.673. The minimum atomic E-state index is -0.409. The van der Waals surface area contributed by atoms with Crippen LogP contribution in [0, 0.1) is 11.8 Å². The van der Waals surface area contributed by atoms with E-state index in [0.717, 1.165) is 25.8 Å². The number of hydrogen-bond donors (Lipinski definition) is 2. The topological polar surface area (TPSA) is 32.3 Å². The summed E-state index contributed by atoms with van der Waals surface area (Å²) in [5.41, 5.74) is -0.409. The fourth-order valence-electron chi connectivity index (χ4n) is 3.57. The van der Waals surface area contributed by atoms with Gasteiger partial charge >= 0.3 is 0 Å². The fourth-order valence-corrected chi connectivity index (χ4v) is 3.57. The maximum absolute atomic E-state index is 10.6. The van der Waals surface area contributed by atoms with E-state index in [1.165, 1.54) is 12.8 Å². The van der Waals surface area contributed by atoms with Crippen molar-refractivity contribution in [2.45, 2.75) is 57.6 Å². The van der Waals surface area contributed by atoms with Gasteiger partial charge in [-0.15, -0.1) is 0 Å². The standard InChI is InChI=1S/C12H23NO/c1-9-6-10(2)8-12(14,7-9)11-4-3-5-13-11/h9-11,13-14H,3-8H2,1-2H3. The van der Waals surface area contributed by atoms with Gasteiger partial charge in [-0.3, -0.25) is 0 Å². The molecule has 2 fully saturated rings. The molecular weight excluding hydrogens is 174 g/mol. The van der Waals surface area contributed by atoms with Crippen molar-refractivity contribution < 1.29 is 5.11 Å². The summed E-state index contributed by atoms with van der Waals surface area (Å²) < 4.78 is 0. The Morgan fingerprint density at radius 3 is 2.36 bits per heavy atom. The van der Waals surface area contributed by atoms with E-state index in [0.29, 0.717) is 17.9 Å². The van der Waals surface area contributed by atoms with E-state index in [2.05, 4.69) is 19.2 Å². The lowest BCUT2D eigenvalue weighted by atomic mass is 9.70. The van der Waals surface area contributed by atoms with Gasteiger partial charge in [0.25, 0.3) is 0 Å². The van der Waals surface area contributed by atoms with Gasteiger partial charge in [0.05, 0.1) is 5.60 Å². The predicted molar refractivity (Wildman–Crippen MR) is 58.2 cm³/mol. The molecular formula is C12H23NO. The van der Waals surface area contributed by atoms with E-state index in [4.69, 9.17) is 0 Å². The summed E-state index contributed by atoms with van der Waals surface area (Å²) in [5, 5.41) is 14.1. The Balaban J connectivity index is 2.05. The van der Waals surface area contributed by atoms with Crippen molar-refractivity contribution in [3.05, 3.63) is 0 Å². The third kappa shape index (κ3) is 1.96. The maximum atomic E-state index is 10.6. The third-order valence-electron chi connectivity index (χ3n) is 3.92. The molecule has 1 aliphatic heterocycles. The maximum Gasteiger partial charge on any atom is 0.0805 e. The molecule has 0 radical (unpaired) electrons. The molecule has 3 unspecified atom stereocenters. The third-order valence-corrected chi connectivity index (χ3v) is 3.92. The molecule has 0 bridgehead atoms. The van der Waals surface area contributed by atoms with Crippen LogP contribution in [0.4, 0.5) is 0 Å². The van der Waals surface area contributed by atoms with Gasteiger partial charge in [-0.25, -0.2) is 0 Å². The van der Waals surface area contributed by atoms with Crippen molar-refractivity contribution in [3.63, 3.8) is 0 Å². The Kier molecular flexibility index (Phi) is 2.85. The molecule has 0 amide bonds. The summed E-state index contributed by atoms with van der Waals surface area (Å²) in [6.07, 6.45) is 5.67. The summed E-state index contributed by atoms with van der Waals surface area (Å²) in [5.74, 6) is 1.37. The fraction of sp³-hybridized carbons (Fsp3) is 1.00. The summed E-state index contributed by atoms with van der Waals surface area (Å²) >= 11 is 0. The lowest BCUT2D eigenvalue weighted by molar-refractivity contribution is -0.0558. The smallest absolute Gasteiger partial charge is 0.0805 e. The molecule has 82 valence electrons. The largest absolute Gasteiger partial charge is 0.388 e. The molecule has 2 nitrogen and oxygen atoms in total. The van der Waals surface area contributed by atoms with Gasteiger partial charge in [0, 0.05) is 6.04 Å². The van der Waals surface area contributed by atoms with Crippen molar-refractivity contribution in [3.8, 4) is 0 Å². The van der Waals surface area contributed by atoms with E-state index in [9.17, 15) is 5.11 Å². The Morgan fingerprint density at radius 2 is 1.86 bits per heavy atom. The monoisotopic (exact) mass is 197 g/mol. The number of nitrogens with one attached hydrogen (secondary N) is 1. The van der Waals surface area contributed by atoms with Crippen LogP contribution in [0.5, 0.6) is 0 Å². The van der Waals surface area contributed by atoms with Crippen LogP contribution in [0.1, 0.15) is 46.0 Å². The minimum absolute atomic E-state index is 0.368. The lowest BCUT2D eigenvalue weighted by Gasteiger charge is -2.43. The molecule has 2 aliphatic rings. The molecule has 14 heavy (non-hydrogen) atoms. The van der Waals surface area contributed by atoms with Crippen molar-refractivity contribution >= 4 is 0 Å². The van der Waals surface area contributed by atoms with Gasteiger partial charge in [0.2, 0.25) is 0 Å². The first-order chi connectivity index (χ1) is 6.60. The number of rotatable bonds is 1. The lowest BCUT2D eigenvalue weighted by Crippen LogP contribution is -2.51. The minimum Gasteiger partial charge on any atom is -0.388 e. The molecule has 0 aromatic heterocycles. The molecule has 2 rings (SSSR count). The van der Waals surface area contributed by atoms with Crippen LogP contribution in [0.25, 0.3) is 0 Å². The second-order valence-electron chi connectivity index (χ2n) is 5.61. The number of hydrogen-bond acceptors (Lipinski definition) is 2. The molecule has 2 N–H and O–H groups in total. The van der Waals surface area contributed by atoms with Crippen molar-refractivity contribution in [1.82, 2.24) is 5.32 Å². The first-order valence-electron chi connectivity index (χ1n) is 6.06. The van der Waals surface area contributed by atoms with E-state index in [1.807, 2.05) is 0 Å². The van der Waals surface area contributed by atoms with Gasteiger partial charge in [-0.2, -0.15) is 0 Å². The summed E-state index contributed by atoms with van der Waals surface area (Å²) in [4.78, 5) is 0. The molecule has 1 saturated carbocycles. The van der Waals surface area contributed by atoms with Gasteiger partial charge < -0.3 is 10.4 Å². The molecule has 1 saturated heterocycles. The van der Waals surface area contributed by atoms with Crippen LogP contribution in [0.3, 0.4) is 0 Å². The van der Waals surface area contributed by atoms with Gasteiger partial charge in [-0.05, 0) is 50.5 Å². The Bertz CT molecular complexity index is 188. The molecule has 1 heterocycles. The highest BCUT2D eigenvalue weighted by Gasteiger charge is 2.43. The van der Waals surface area contributed by atoms with E-state index in [1.54, 1.807) is 0 Å². The molecule has 0 spiro atoms. The van der Waals surface area contributed by atoms with Crippen LogP contribution in [-0.2, 0) is 0 Å². The van der Waals surface area contributed by atoms with Crippen LogP contribution >= 0.6 is 0 Å². The highest BCUT2D eigenvalue weighted by Crippen LogP contribution is 2.39. The highest BCUT2D eigenvalue weighted by atomic mass is 16.3. The van der Waals surface area contributed by atoms with Crippen LogP contribution in [0.2, 0.25) is 0 Å². The second-order valence-corrected chi connectivity index (χ2v) is 5.61. The molecule has 1 aliphatic carbocycles. The average Bonchev–Trinajstić information content (AvgIpc) is 2.52. The van der Waals surface area contributed by atoms with Gasteiger partial charge in [-0.1, -0.05) is 13.8 Å². The normalized spacial score (nSPS) is 49.5. The molecule has 0 aromatic rings. The summed E-state index contributed by atoms with van der Waals surface area (Å²) in [6, 6.07) is 0.368. The van der Waals surface area contributed by atoms with Crippen molar-refractivity contribution in [1.29, 1.82) is 0 Å². The summed E-state index contributed by atoms with van der Waals surface area (Å²) in [7, 11) is 0. The van der Waals surface area contributed by atoms with Crippen LogP contribution in [0.15, 0.2) is 0 Å². The van der Waals surface area contributed by atoms with Gasteiger partial charge in [0.1, 0.15) is 0 Å². The zero-order chi connectivity index (χ0) is 10.2. The van der Waals surface area contributed by atoms with E-state index < -0.39 is 5.60 Å². The zero-order valence-electron chi connectivity index (χ0n) is 9.42. The molecule has 0 aromatic carbocycles. The average molecular weight is 197 g/mol. The summed E-state index contributed by atoms with van der Waals surface area (Å²) in [6.45, 7) is 5.64. The zero-order valence-corrected chi connectivity index (χ0v) is 9.42. The number of aliphatic hydroxyl groups is 1. The van der Waals surface area contributed by atoms with Crippen LogP contribution < -0.4 is 5.32 Å². The highest BCUT2D eigenvalue weighted by molar-refractivity contribution is 4.98. The van der Waals surface area contributed by atoms with E-state index in [-0.39, 0.29) is 0 Å². The van der Waals surface area contributed by atoms with E-state index >= 15 is 0 Å². The Hall–Kier alpha value is -0.0800. The Labute approximate surface area is 87.1 Å². The first kappa shape index (κ1) is 10.4. The van der Waals surface area contributed by atoms with Crippen LogP contribution in [-0.4, -0.2) is 23.3 Å². The molecule has 3 atom stereocenters.